The van der Waals surface area contributed by atoms with Crippen LogP contribution in [-0.2, 0) is 0 Å². The molecule has 1 N–H and O–H groups in total. The lowest BCUT2D eigenvalue weighted by molar-refractivity contribution is 0.102. The molecule has 1 amide bonds. The van der Waals surface area contributed by atoms with Gasteiger partial charge in [-0.05, 0) is 36.4 Å². The van der Waals surface area contributed by atoms with E-state index in [1.54, 1.807) is 44.7 Å². The van der Waals surface area contributed by atoms with Gasteiger partial charge >= 0.3 is 0 Å². The molecule has 0 spiro atoms. The van der Waals surface area contributed by atoms with E-state index in [0.29, 0.717) is 22.9 Å². The SMILES string of the molecule is COc1ccc(NC(=O)c2cc(N(C)c3ccccc3)ccn2)cc1OC. The van der Waals surface area contributed by atoms with Crippen LogP contribution in [0.25, 0.3) is 0 Å². The molecule has 0 atom stereocenters. The Morgan fingerprint density at radius 1 is 0.926 bits per heavy atom. The van der Waals surface area contributed by atoms with Crippen LogP contribution in [0.1, 0.15) is 10.5 Å². The largest absolute Gasteiger partial charge is 0.493 e. The van der Waals surface area contributed by atoms with E-state index < -0.39 is 0 Å². The quantitative estimate of drug-likeness (QED) is 0.714. The number of methoxy groups -OCH3 is 2. The topological polar surface area (TPSA) is 63.7 Å². The molecule has 0 aliphatic carbocycles. The summed E-state index contributed by atoms with van der Waals surface area (Å²) in [5, 5.41) is 2.83. The first kappa shape index (κ1) is 18.3. The van der Waals surface area contributed by atoms with Crippen molar-refractivity contribution in [1.29, 1.82) is 0 Å². The molecule has 1 aromatic heterocycles. The number of aromatic nitrogens is 1. The van der Waals surface area contributed by atoms with E-state index in [4.69, 9.17) is 9.47 Å². The summed E-state index contributed by atoms with van der Waals surface area (Å²) in [7, 11) is 5.06. The third-order valence-corrected chi connectivity index (χ3v) is 4.15. The van der Waals surface area contributed by atoms with Crippen LogP contribution in [0.15, 0.2) is 66.9 Å². The van der Waals surface area contributed by atoms with E-state index in [0.717, 1.165) is 11.4 Å². The van der Waals surface area contributed by atoms with Gasteiger partial charge in [-0.15, -0.1) is 0 Å². The van der Waals surface area contributed by atoms with Gasteiger partial charge in [0.2, 0.25) is 0 Å². The molecule has 6 nitrogen and oxygen atoms in total. The first-order chi connectivity index (χ1) is 13.1. The lowest BCUT2D eigenvalue weighted by atomic mass is 10.2. The minimum absolute atomic E-state index is 0.300. The molecule has 0 bridgehead atoms. The average Bonchev–Trinajstić information content (AvgIpc) is 2.73. The number of nitrogens with one attached hydrogen (secondary N) is 1. The predicted octanol–water partition coefficient (Wildman–Crippen LogP) is 4.12. The number of carbonyl (C=O) groups excluding carboxylic acids is 1. The Labute approximate surface area is 158 Å². The maximum Gasteiger partial charge on any atom is 0.274 e. The van der Waals surface area contributed by atoms with Gasteiger partial charge in [-0.2, -0.15) is 0 Å². The van der Waals surface area contributed by atoms with Gasteiger partial charge in [-0.25, -0.2) is 0 Å². The van der Waals surface area contributed by atoms with Gasteiger partial charge in [0.25, 0.3) is 5.91 Å². The van der Waals surface area contributed by atoms with Gasteiger partial charge in [0.15, 0.2) is 11.5 Å². The van der Waals surface area contributed by atoms with Crippen molar-refractivity contribution >= 4 is 23.0 Å². The molecule has 2 aromatic carbocycles. The van der Waals surface area contributed by atoms with E-state index in [9.17, 15) is 4.79 Å². The molecule has 27 heavy (non-hydrogen) atoms. The molecule has 138 valence electrons. The van der Waals surface area contributed by atoms with Crippen LogP contribution in [-0.4, -0.2) is 32.2 Å². The van der Waals surface area contributed by atoms with Crippen molar-refractivity contribution in [2.24, 2.45) is 0 Å². The molecule has 3 rings (SSSR count). The molecule has 0 saturated heterocycles. The van der Waals surface area contributed by atoms with Gasteiger partial charge in [-0.3, -0.25) is 9.78 Å². The summed E-state index contributed by atoms with van der Waals surface area (Å²) >= 11 is 0. The average molecular weight is 363 g/mol. The highest BCUT2D eigenvalue weighted by Gasteiger charge is 2.12. The highest BCUT2D eigenvalue weighted by molar-refractivity contribution is 6.03. The lowest BCUT2D eigenvalue weighted by Crippen LogP contribution is -2.16. The van der Waals surface area contributed by atoms with E-state index in [1.165, 1.54) is 0 Å². The monoisotopic (exact) mass is 363 g/mol. The van der Waals surface area contributed by atoms with Crippen LogP contribution in [0.3, 0.4) is 0 Å². The lowest BCUT2D eigenvalue weighted by Gasteiger charge is -2.19. The summed E-state index contributed by atoms with van der Waals surface area (Å²) in [6.45, 7) is 0. The summed E-state index contributed by atoms with van der Waals surface area (Å²) in [5.74, 6) is 0.839. The van der Waals surface area contributed by atoms with Crippen LogP contribution < -0.4 is 19.7 Å². The minimum atomic E-state index is -0.300. The predicted molar refractivity (Wildman–Crippen MR) is 106 cm³/mol. The van der Waals surface area contributed by atoms with Crippen LogP contribution in [0.5, 0.6) is 11.5 Å². The Kier molecular flexibility index (Phi) is 5.56. The third-order valence-electron chi connectivity index (χ3n) is 4.15. The highest BCUT2D eigenvalue weighted by atomic mass is 16.5. The Balaban J connectivity index is 1.80. The highest BCUT2D eigenvalue weighted by Crippen LogP contribution is 2.30. The van der Waals surface area contributed by atoms with E-state index in [1.807, 2.05) is 48.3 Å². The number of hydrogen-bond donors (Lipinski definition) is 1. The van der Waals surface area contributed by atoms with Crippen LogP contribution in [0.2, 0.25) is 0 Å². The van der Waals surface area contributed by atoms with Crippen molar-refractivity contribution < 1.29 is 14.3 Å². The molecule has 0 fully saturated rings. The first-order valence-corrected chi connectivity index (χ1v) is 8.40. The Morgan fingerprint density at radius 3 is 2.37 bits per heavy atom. The Morgan fingerprint density at radius 2 is 1.67 bits per heavy atom. The molecular formula is C21H21N3O3. The molecule has 0 radical (unpaired) electrons. The number of pyridine rings is 1. The number of rotatable bonds is 6. The van der Waals surface area contributed by atoms with Gasteiger partial charge in [0, 0.05) is 36.4 Å². The van der Waals surface area contributed by atoms with Gasteiger partial charge < -0.3 is 19.7 Å². The van der Waals surface area contributed by atoms with Crippen LogP contribution >= 0.6 is 0 Å². The second-order valence-electron chi connectivity index (χ2n) is 5.82. The number of amides is 1. The summed E-state index contributed by atoms with van der Waals surface area (Å²) < 4.78 is 10.5. The van der Waals surface area contributed by atoms with Crippen LogP contribution in [0, 0.1) is 0 Å². The second kappa shape index (κ2) is 8.23. The molecule has 1 heterocycles. The molecule has 0 saturated carbocycles. The number of benzene rings is 2. The van der Waals surface area contributed by atoms with Crippen LogP contribution in [0.4, 0.5) is 17.1 Å². The minimum Gasteiger partial charge on any atom is -0.493 e. The number of ether oxygens (including phenoxy) is 2. The summed E-state index contributed by atoms with van der Waals surface area (Å²) in [6.07, 6.45) is 1.62. The zero-order chi connectivity index (χ0) is 19.2. The molecule has 3 aromatic rings. The third kappa shape index (κ3) is 4.17. The molecule has 6 heteroatoms. The standard InChI is InChI=1S/C21H21N3O3/c1-24(16-7-5-4-6-8-16)17-11-12-22-18(14-17)21(25)23-15-9-10-19(26-2)20(13-15)27-3/h4-14H,1-3H3,(H,23,25). The molecular weight excluding hydrogens is 342 g/mol. The van der Waals surface area contributed by atoms with E-state index in [2.05, 4.69) is 10.3 Å². The van der Waals surface area contributed by atoms with E-state index >= 15 is 0 Å². The first-order valence-electron chi connectivity index (χ1n) is 8.40. The van der Waals surface area contributed by atoms with Gasteiger partial charge in [0.1, 0.15) is 5.69 Å². The summed E-state index contributed by atoms with van der Waals surface area (Å²) in [6, 6.07) is 18.7. The summed E-state index contributed by atoms with van der Waals surface area (Å²) in [4.78, 5) is 18.8. The number of para-hydroxylation sites is 1. The number of hydrogen-bond acceptors (Lipinski definition) is 5. The number of nitrogens with zero attached hydrogens (tertiary/aromatic N) is 2. The van der Waals surface area contributed by atoms with Crippen molar-refractivity contribution in [3.8, 4) is 11.5 Å². The fourth-order valence-corrected chi connectivity index (χ4v) is 2.66. The van der Waals surface area contributed by atoms with Crippen molar-refractivity contribution in [2.75, 3.05) is 31.5 Å². The normalized spacial score (nSPS) is 10.2. The van der Waals surface area contributed by atoms with Crippen molar-refractivity contribution in [1.82, 2.24) is 4.98 Å². The van der Waals surface area contributed by atoms with E-state index in [-0.39, 0.29) is 5.91 Å². The summed E-state index contributed by atoms with van der Waals surface area (Å²) in [5.41, 5.74) is 2.81. The van der Waals surface area contributed by atoms with Crippen molar-refractivity contribution in [3.63, 3.8) is 0 Å². The zero-order valence-electron chi connectivity index (χ0n) is 15.5. The van der Waals surface area contributed by atoms with Gasteiger partial charge in [-0.1, -0.05) is 18.2 Å². The van der Waals surface area contributed by atoms with Crippen molar-refractivity contribution in [3.05, 3.63) is 72.6 Å². The maximum absolute atomic E-state index is 12.6. The fourth-order valence-electron chi connectivity index (χ4n) is 2.66. The molecule has 0 aliphatic rings. The van der Waals surface area contributed by atoms with Gasteiger partial charge in [0.05, 0.1) is 14.2 Å². The Hall–Kier alpha value is -3.54. The van der Waals surface area contributed by atoms with Crippen molar-refractivity contribution in [2.45, 2.75) is 0 Å². The molecule has 0 aliphatic heterocycles. The Bertz CT molecular complexity index is 929. The maximum atomic E-state index is 12.6. The smallest absolute Gasteiger partial charge is 0.274 e. The fraction of sp³-hybridized carbons (Fsp3) is 0.143. The molecule has 0 unspecified atom stereocenters. The number of carbonyl (C=O) groups is 1. The zero-order valence-corrected chi connectivity index (χ0v) is 15.5. The number of anilines is 3. The second-order valence-corrected chi connectivity index (χ2v) is 5.82.